The lowest BCUT2D eigenvalue weighted by molar-refractivity contribution is -0.129. The average molecular weight is 168 g/mol. The van der Waals surface area contributed by atoms with E-state index in [1.807, 2.05) is 16.2 Å². The minimum atomic E-state index is 0.321. The highest BCUT2D eigenvalue weighted by Gasteiger charge is 2.22. The molecular formula is C8H12N2O2. The van der Waals surface area contributed by atoms with Crippen molar-refractivity contribution in [2.75, 3.05) is 19.8 Å². The van der Waals surface area contributed by atoms with Crippen molar-refractivity contribution in [3.8, 4) is 0 Å². The lowest BCUT2D eigenvalue weighted by atomic mass is 10.1. The van der Waals surface area contributed by atoms with E-state index < -0.39 is 0 Å². The molecule has 0 amide bonds. The number of carbonyl (C=O) groups excluding carboxylic acids is 1. The van der Waals surface area contributed by atoms with Crippen LogP contribution in [0.5, 0.6) is 0 Å². The Bertz CT molecular complexity index is 215. The zero-order valence-electron chi connectivity index (χ0n) is 6.90. The Hall–Kier alpha value is -1.03. The van der Waals surface area contributed by atoms with Gasteiger partial charge in [0.2, 0.25) is 0 Å². The van der Waals surface area contributed by atoms with Crippen molar-refractivity contribution in [2.24, 2.45) is 0 Å². The molecule has 4 heteroatoms. The molecule has 0 bridgehead atoms. The predicted octanol–water partition coefficient (Wildman–Crippen LogP) is 0.327. The maximum Gasteiger partial charge on any atom is 0.173 e. The Kier molecular flexibility index (Phi) is 1.99. The van der Waals surface area contributed by atoms with Gasteiger partial charge in [0.05, 0.1) is 12.7 Å². The van der Waals surface area contributed by atoms with Crippen LogP contribution in [0.15, 0.2) is 12.5 Å². The van der Waals surface area contributed by atoms with Gasteiger partial charge in [-0.1, -0.05) is 0 Å². The molecule has 2 heterocycles. The first-order valence-electron chi connectivity index (χ1n) is 4.18. The van der Waals surface area contributed by atoms with Gasteiger partial charge in [-0.15, -0.1) is 0 Å². The number of ketones is 1. The summed E-state index contributed by atoms with van der Waals surface area (Å²) in [4.78, 5) is 11.1. The Balaban J connectivity index is 1.94. The second-order valence-electron chi connectivity index (χ2n) is 3.05. The first kappa shape index (κ1) is 7.61. The van der Waals surface area contributed by atoms with Crippen molar-refractivity contribution in [2.45, 2.75) is 12.8 Å². The summed E-state index contributed by atoms with van der Waals surface area (Å²) in [6.07, 6.45) is 5.20. The third-order valence-corrected chi connectivity index (χ3v) is 2.13. The number of piperidine rings is 1. The number of nitrogens with zero attached hydrogens (tertiary/aromatic N) is 2. The Morgan fingerprint density at radius 1 is 1.50 bits per heavy atom. The van der Waals surface area contributed by atoms with Crippen LogP contribution >= 0.6 is 0 Å². The Labute approximate surface area is 71.4 Å². The summed E-state index contributed by atoms with van der Waals surface area (Å²) < 4.78 is 5.04. The van der Waals surface area contributed by atoms with Crippen LogP contribution in [0.3, 0.4) is 0 Å². The summed E-state index contributed by atoms with van der Waals surface area (Å²) in [5.74, 6) is 0.321. The van der Waals surface area contributed by atoms with Crippen molar-refractivity contribution in [3.63, 3.8) is 0 Å². The maximum atomic E-state index is 11.1. The fourth-order valence-electron chi connectivity index (χ4n) is 1.49. The molecule has 1 fully saturated rings. The summed E-state index contributed by atoms with van der Waals surface area (Å²) in [7, 11) is 0. The Morgan fingerprint density at radius 2 is 2.42 bits per heavy atom. The number of hydrogen-bond acceptors (Lipinski definition) is 4. The number of hydrazine groups is 1. The molecule has 0 aromatic rings. The van der Waals surface area contributed by atoms with Crippen molar-refractivity contribution in [1.29, 1.82) is 0 Å². The molecule has 66 valence electrons. The van der Waals surface area contributed by atoms with Crippen LogP contribution in [0.4, 0.5) is 0 Å². The number of rotatable bonds is 1. The normalized spacial score (nSPS) is 24.7. The van der Waals surface area contributed by atoms with E-state index in [1.165, 1.54) is 0 Å². The molecule has 2 rings (SSSR count). The summed E-state index contributed by atoms with van der Waals surface area (Å²) >= 11 is 0. The van der Waals surface area contributed by atoms with E-state index in [0.29, 0.717) is 19.1 Å². The smallest absolute Gasteiger partial charge is 0.173 e. The molecule has 0 unspecified atom stereocenters. The van der Waals surface area contributed by atoms with Gasteiger partial charge >= 0.3 is 0 Å². The van der Waals surface area contributed by atoms with Crippen LogP contribution in [0.2, 0.25) is 0 Å². The summed E-state index contributed by atoms with van der Waals surface area (Å²) in [6.45, 7) is 2.04. The Morgan fingerprint density at radius 3 is 3.08 bits per heavy atom. The average Bonchev–Trinajstić information content (AvgIpc) is 2.56. The summed E-state index contributed by atoms with van der Waals surface area (Å²) in [5, 5.41) is 3.96. The summed E-state index contributed by atoms with van der Waals surface area (Å²) in [5.41, 5.74) is 0. The van der Waals surface area contributed by atoms with Gasteiger partial charge in [0.15, 0.2) is 6.73 Å². The molecule has 1 saturated heterocycles. The van der Waals surface area contributed by atoms with Crippen LogP contribution in [0.1, 0.15) is 12.8 Å². The molecule has 12 heavy (non-hydrogen) atoms. The van der Waals surface area contributed by atoms with E-state index in [0.717, 1.165) is 19.4 Å². The second kappa shape index (κ2) is 3.15. The minimum absolute atomic E-state index is 0.321. The molecule has 2 aliphatic heterocycles. The first-order valence-corrected chi connectivity index (χ1v) is 4.18. The number of ether oxygens (including phenoxy) is 1. The zero-order chi connectivity index (χ0) is 8.39. The van der Waals surface area contributed by atoms with Crippen LogP contribution in [-0.4, -0.2) is 35.6 Å². The quantitative estimate of drug-likeness (QED) is 0.564. The van der Waals surface area contributed by atoms with Gasteiger partial charge in [0.25, 0.3) is 0 Å². The van der Waals surface area contributed by atoms with Gasteiger partial charge in [0, 0.05) is 13.0 Å². The zero-order valence-corrected chi connectivity index (χ0v) is 6.90. The molecule has 4 nitrogen and oxygen atoms in total. The molecule has 0 N–H and O–H groups in total. The highest BCUT2D eigenvalue weighted by molar-refractivity contribution is 5.81. The highest BCUT2D eigenvalue weighted by atomic mass is 16.5. The van der Waals surface area contributed by atoms with Crippen LogP contribution in [0.25, 0.3) is 0 Å². The van der Waals surface area contributed by atoms with E-state index in [4.69, 9.17) is 4.74 Å². The lowest BCUT2D eigenvalue weighted by Crippen LogP contribution is -2.45. The SMILES string of the molecule is O=C1CCCN(N2C=COC2)C1. The van der Waals surface area contributed by atoms with Crippen LogP contribution < -0.4 is 0 Å². The third-order valence-electron chi connectivity index (χ3n) is 2.13. The van der Waals surface area contributed by atoms with Gasteiger partial charge in [-0.2, -0.15) is 0 Å². The largest absolute Gasteiger partial charge is 0.478 e. The van der Waals surface area contributed by atoms with Crippen LogP contribution in [-0.2, 0) is 9.53 Å². The highest BCUT2D eigenvalue weighted by Crippen LogP contribution is 2.12. The molecule has 0 radical (unpaired) electrons. The monoisotopic (exact) mass is 168 g/mol. The fraction of sp³-hybridized carbons (Fsp3) is 0.625. The van der Waals surface area contributed by atoms with E-state index in [-0.39, 0.29) is 0 Å². The molecular weight excluding hydrogens is 156 g/mol. The lowest BCUT2D eigenvalue weighted by Gasteiger charge is -2.32. The summed E-state index contributed by atoms with van der Waals surface area (Å²) in [6, 6.07) is 0. The number of hydrogen-bond donors (Lipinski definition) is 0. The van der Waals surface area contributed by atoms with Crippen LogP contribution in [0, 0.1) is 0 Å². The second-order valence-corrected chi connectivity index (χ2v) is 3.05. The van der Waals surface area contributed by atoms with E-state index in [9.17, 15) is 4.79 Å². The molecule has 0 saturated carbocycles. The molecule has 0 spiro atoms. The topological polar surface area (TPSA) is 32.8 Å². The van der Waals surface area contributed by atoms with Crippen molar-refractivity contribution >= 4 is 5.78 Å². The minimum Gasteiger partial charge on any atom is -0.478 e. The molecule has 0 aromatic heterocycles. The predicted molar refractivity (Wildman–Crippen MR) is 42.7 cm³/mol. The third kappa shape index (κ3) is 1.43. The van der Waals surface area contributed by atoms with Gasteiger partial charge in [0.1, 0.15) is 12.0 Å². The molecule has 0 aromatic carbocycles. The van der Waals surface area contributed by atoms with E-state index >= 15 is 0 Å². The van der Waals surface area contributed by atoms with Gasteiger partial charge in [-0.05, 0) is 6.42 Å². The molecule has 2 aliphatic rings. The van der Waals surface area contributed by atoms with E-state index in [1.54, 1.807) is 6.26 Å². The number of carbonyl (C=O) groups is 1. The van der Waals surface area contributed by atoms with Gasteiger partial charge in [-0.3, -0.25) is 9.80 Å². The standard InChI is InChI=1S/C8H12N2O2/c11-8-2-1-3-9(6-8)10-4-5-12-7-10/h4-5H,1-3,6-7H2. The van der Waals surface area contributed by atoms with Gasteiger partial charge in [-0.25, -0.2) is 5.01 Å². The van der Waals surface area contributed by atoms with Crippen molar-refractivity contribution in [1.82, 2.24) is 10.0 Å². The van der Waals surface area contributed by atoms with Crippen molar-refractivity contribution < 1.29 is 9.53 Å². The fourth-order valence-corrected chi connectivity index (χ4v) is 1.49. The van der Waals surface area contributed by atoms with Gasteiger partial charge < -0.3 is 4.74 Å². The van der Waals surface area contributed by atoms with Crippen molar-refractivity contribution in [3.05, 3.63) is 12.5 Å². The molecule has 0 atom stereocenters. The van der Waals surface area contributed by atoms with E-state index in [2.05, 4.69) is 0 Å². The first-order chi connectivity index (χ1) is 5.86. The number of Topliss-reactive ketones (excluding diaryl/α,β-unsaturated/α-hetero) is 1. The molecule has 0 aliphatic carbocycles. The maximum absolute atomic E-state index is 11.1.